The molecule has 1 unspecified atom stereocenters. The zero-order valence-corrected chi connectivity index (χ0v) is 14.8. The van der Waals surface area contributed by atoms with Crippen molar-refractivity contribution in [2.24, 2.45) is 16.8 Å². The highest BCUT2D eigenvalue weighted by atomic mass is 16.6. The van der Waals surface area contributed by atoms with Crippen molar-refractivity contribution in [1.82, 2.24) is 15.6 Å². The number of ether oxygens (including phenoxy) is 1. The summed E-state index contributed by atoms with van der Waals surface area (Å²) < 4.78 is 5.44. The molecule has 132 valence electrons. The van der Waals surface area contributed by atoms with Crippen molar-refractivity contribution in [1.29, 1.82) is 0 Å². The molecule has 7 nitrogen and oxygen atoms in total. The van der Waals surface area contributed by atoms with Gasteiger partial charge in [-0.1, -0.05) is 13.0 Å². The summed E-state index contributed by atoms with van der Waals surface area (Å²) in [4.78, 5) is 18.5. The van der Waals surface area contributed by atoms with Gasteiger partial charge in [0.15, 0.2) is 0 Å². The van der Waals surface area contributed by atoms with Gasteiger partial charge in [0.05, 0.1) is 6.54 Å². The van der Waals surface area contributed by atoms with E-state index in [0.29, 0.717) is 19.6 Å². The molecule has 0 fully saturated rings. The standard InChI is InChI=1S/C16H31N5O2/c1-5-11-21(15(22)23-16(2,3)4)12-10-19-14-13(6-8-18-14)7-9-20-17/h6,8,13,20H,5,7,9-12,17H2,1-4H3,(H,18,19). The second kappa shape index (κ2) is 9.52. The van der Waals surface area contributed by atoms with Gasteiger partial charge in [-0.05, 0) is 39.8 Å². The van der Waals surface area contributed by atoms with Crippen LogP contribution in [0.15, 0.2) is 17.3 Å². The number of nitrogens with zero attached hydrogens (tertiary/aromatic N) is 2. The summed E-state index contributed by atoms with van der Waals surface area (Å²) in [6.45, 7) is 10.2. The molecule has 7 heteroatoms. The molecule has 0 aromatic heterocycles. The Kier molecular flexibility index (Phi) is 8.05. The van der Waals surface area contributed by atoms with Crippen molar-refractivity contribution in [3.05, 3.63) is 12.3 Å². The summed E-state index contributed by atoms with van der Waals surface area (Å²) >= 11 is 0. The Hall–Kier alpha value is -1.60. The number of amidine groups is 1. The van der Waals surface area contributed by atoms with Crippen LogP contribution in [-0.2, 0) is 4.74 Å². The number of nitrogens with one attached hydrogen (secondary N) is 2. The van der Waals surface area contributed by atoms with E-state index < -0.39 is 5.60 Å². The van der Waals surface area contributed by atoms with E-state index in [-0.39, 0.29) is 12.0 Å². The van der Waals surface area contributed by atoms with Gasteiger partial charge >= 0.3 is 6.09 Å². The molecule has 23 heavy (non-hydrogen) atoms. The average Bonchev–Trinajstić information content (AvgIpc) is 2.89. The van der Waals surface area contributed by atoms with Gasteiger partial charge in [0.1, 0.15) is 11.4 Å². The third kappa shape index (κ3) is 7.47. The molecular weight excluding hydrogens is 294 g/mol. The zero-order chi connectivity index (χ0) is 17.3. The van der Waals surface area contributed by atoms with E-state index in [1.165, 1.54) is 0 Å². The van der Waals surface area contributed by atoms with Crippen LogP contribution in [0.3, 0.4) is 0 Å². The lowest BCUT2D eigenvalue weighted by Crippen LogP contribution is -2.39. The van der Waals surface area contributed by atoms with Crippen molar-refractivity contribution >= 4 is 11.9 Å². The van der Waals surface area contributed by atoms with E-state index in [9.17, 15) is 4.79 Å². The molecule has 1 aliphatic rings. The fraction of sp³-hybridized carbons (Fsp3) is 0.750. The fourth-order valence-electron chi connectivity index (χ4n) is 2.26. The van der Waals surface area contributed by atoms with Gasteiger partial charge in [-0.25, -0.2) is 4.79 Å². The SMILES string of the molecule is CCCN(CCN=C1NC=CC1CCNN)C(=O)OC(C)(C)C. The predicted molar refractivity (Wildman–Crippen MR) is 93.0 cm³/mol. The van der Waals surface area contributed by atoms with Crippen LogP contribution in [0, 0.1) is 5.92 Å². The number of amides is 1. The normalized spacial score (nSPS) is 19.0. The molecule has 1 heterocycles. The lowest BCUT2D eigenvalue weighted by atomic mass is 10.1. The summed E-state index contributed by atoms with van der Waals surface area (Å²) in [6.07, 6.45) is 5.48. The Balaban J connectivity index is 2.51. The molecule has 0 aromatic carbocycles. The van der Waals surface area contributed by atoms with E-state index in [1.807, 2.05) is 33.9 Å². The molecule has 0 aromatic rings. The first-order chi connectivity index (χ1) is 10.9. The molecular formula is C16H31N5O2. The molecule has 0 spiro atoms. The third-order valence-electron chi connectivity index (χ3n) is 3.31. The van der Waals surface area contributed by atoms with Gasteiger partial charge < -0.3 is 15.0 Å². The third-order valence-corrected chi connectivity index (χ3v) is 3.31. The van der Waals surface area contributed by atoms with Crippen LogP contribution in [-0.4, -0.2) is 48.6 Å². The molecule has 0 radical (unpaired) electrons. The lowest BCUT2D eigenvalue weighted by Gasteiger charge is -2.26. The Morgan fingerprint density at radius 2 is 2.22 bits per heavy atom. The van der Waals surface area contributed by atoms with Crippen LogP contribution < -0.4 is 16.6 Å². The molecule has 1 atom stereocenters. The maximum absolute atomic E-state index is 12.2. The molecule has 0 aliphatic carbocycles. The minimum atomic E-state index is -0.480. The average molecular weight is 325 g/mol. The van der Waals surface area contributed by atoms with E-state index >= 15 is 0 Å². The van der Waals surface area contributed by atoms with Gasteiger partial charge in [0.25, 0.3) is 0 Å². The highest BCUT2D eigenvalue weighted by Gasteiger charge is 2.22. The highest BCUT2D eigenvalue weighted by molar-refractivity contribution is 5.89. The minimum Gasteiger partial charge on any atom is -0.444 e. The minimum absolute atomic E-state index is 0.257. The van der Waals surface area contributed by atoms with Gasteiger partial charge in [-0.2, -0.15) is 0 Å². The number of rotatable bonds is 8. The van der Waals surface area contributed by atoms with Gasteiger partial charge in [-0.3, -0.25) is 16.3 Å². The van der Waals surface area contributed by atoms with Crippen LogP contribution in [0.25, 0.3) is 0 Å². The first-order valence-electron chi connectivity index (χ1n) is 8.26. The van der Waals surface area contributed by atoms with Crippen LogP contribution >= 0.6 is 0 Å². The number of aliphatic imine (C=N–C) groups is 1. The number of carbonyl (C=O) groups is 1. The quantitative estimate of drug-likeness (QED) is 0.466. The van der Waals surface area contributed by atoms with Crippen molar-refractivity contribution in [3.63, 3.8) is 0 Å². The monoisotopic (exact) mass is 325 g/mol. The summed E-state index contributed by atoms with van der Waals surface area (Å²) in [5.74, 6) is 6.50. The second-order valence-electron chi connectivity index (χ2n) is 6.59. The number of carbonyl (C=O) groups excluding carboxylic acids is 1. The summed E-state index contributed by atoms with van der Waals surface area (Å²) in [7, 11) is 0. The Labute approximate surface area is 139 Å². The fourth-order valence-corrected chi connectivity index (χ4v) is 2.26. The topological polar surface area (TPSA) is 92.0 Å². The summed E-state index contributed by atoms with van der Waals surface area (Å²) in [5.41, 5.74) is 2.18. The van der Waals surface area contributed by atoms with E-state index in [4.69, 9.17) is 10.6 Å². The Bertz CT molecular complexity index is 429. The second-order valence-corrected chi connectivity index (χ2v) is 6.59. The van der Waals surface area contributed by atoms with Crippen molar-refractivity contribution in [3.8, 4) is 0 Å². The number of hydrogen-bond acceptors (Lipinski definition) is 5. The van der Waals surface area contributed by atoms with E-state index in [2.05, 4.69) is 21.8 Å². The van der Waals surface area contributed by atoms with Crippen molar-refractivity contribution < 1.29 is 9.53 Å². The number of hydrazine groups is 1. The lowest BCUT2D eigenvalue weighted by molar-refractivity contribution is 0.0256. The molecule has 1 amide bonds. The Morgan fingerprint density at radius 3 is 2.83 bits per heavy atom. The molecule has 4 N–H and O–H groups in total. The zero-order valence-electron chi connectivity index (χ0n) is 14.8. The number of nitrogens with two attached hydrogens (primary N) is 1. The smallest absolute Gasteiger partial charge is 0.410 e. The van der Waals surface area contributed by atoms with Crippen LogP contribution in [0.1, 0.15) is 40.5 Å². The predicted octanol–water partition coefficient (Wildman–Crippen LogP) is 1.62. The van der Waals surface area contributed by atoms with Gasteiger partial charge in [0, 0.05) is 25.6 Å². The van der Waals surface area contributed by atoms with Crippen molar-refractivity contribution in [2.45, 2.75) is 46.1 Å². The molecule has 1 rings (SSSR count). The maximum Gasteiger partial charge on any atom is 0.410 e. The highest BCUT2D eigenvalue weighted by Crippen LogP contribution is 2.12. The van der Waals surface area contributed by atoms with Crippen molar-refractivity contribution in [2.75, 3.05) is 26.2 Å². The first kappa shape index (κ1) is 19.4. The van der Waals surface area contributed by atoms with Crippen LogP contribution in [0.2, 0.25) is 0 Å². The molecule has 1 aliphatic heterocycles. The summed E-state index contributed by atoms with van der Waals surface area (Å²) in [6, 6.07) is 0. The summed E-state index contributed by atoms with van der Waals surface area (Å²) in [5, 5.41) is 3.15. The maximum atomic E-state index is 12.2. The van der Waals surface area contributed by atoms with Crippen LogP contribution in [0.4, 0.5) is 4.79 Å². The van der Waals surface area contributed by atoms with E-state index in [1.54, 1.807) is 4.90 Å². The molecule has 0 saturated heterocycles. The van der Waals surface area contributed by atoms with Crippen LogP contribution in [0.5, 0.6) is 0 Å². The van der Waals surface area contributed by atoms with E-state index in [0.717, 1.165) is 25.2 Å². The van der Waals surface area contributed by atoms with Gasteiger partial charge in [-0.15, -0.1) is 0 Å². The first-order valence-corrected chi connectivity index (χ1v) is 8.26. The largest absolute Gasteiger partial charge is 0.444 e. The molecule has 0 saturated carbocycles. The Morgan fingerprint density at radius 1 is 1.48 bits per heavy atom. The molecule has 0 bridgehead atoms. The number of hydrogen-bond donors (Lipinski definition) is 3. The van der Waals surface area contributed by atoms with Gasteiger partial charge in [0.2, 0.25) is 0 Å².